The molecule has 0 aliphatic carbocycles. The minimum atomic E-state index is -0.462. The standard InChI is InChI=1S/C11H15ClN4O/c1-3-14-10(13)16-11(17)15-9-7(2)5-4-6-8(9)12/h4-6H,3H2,1-2H3,(H4,13,14,15,16,17). The molecule has 17 heavy (non-hydrogen) atoms. The molecule has 0 heterocycles. The van der Waals surface area contributed by atoms with Crippen LogP contribution in [0.1, 0.15) is 12.5 Å². The lowest BCUT2D eigenvalue weighted by Gasteiger charge is -2.10. The van der Waals surface area contributed by atoms with Gasteiger partial charge in [-0.1, -0.05) is 23.7 Å². The number of rotatable bonds is 2. The third kappa shape index (κ3) is 3.96. The van der Waals surface area contributed by atoms with Gasteiger partial charge in [-0.25, -0.2) is 4.79 Å². The molecule has 1 aromatic rings. The number of para-hydroxylation sites is 1. The summed E-state index contributed by atoms with van der Waals surface area (Å²) in [6.07, 6.45) is 0. The van der Waals surface area contributed by atoms with E-state index < -0.39 is 6.03 Å². The van der Waals surface area contributed by atoms with Crippen LogP contribution >= 0.6 is 11.6 Å². The highest BCUT2D eigenvalue weighted by atomic mass is 35.5. The van der Waals surface area contributed by atoms with E-state index in [0.717, 1.165) is 5.56 Å². The fourth-order valence-electron chi connectivity index (χ4n) is 1.26. The van der Waals surface area contributed by atoms with Crippen molar-refractivity contribution in [1.29, 1.82) is 0 Å². The first-order valence-corrected chi connectivity index (χ1v) is 5.55. The fraction of sp³-hybridized carbons (Fsp3) is 0.273. The summed E-state index contributed by atoms with van der Waals surface area (Å²) in [5.74, 6) is 0.0784. The van der Waals surface area contributed by atoms with E-state index in [2.05, 4.69) is 15.6 Å². The van der Waals surface area contributed by atoms with Crippen LogP contribution < -0.4 is 16.4 Å². The molecule has 0 unspecified atom stereocenters. The Hall–Kier alpha value is -1.75. The summed E-state index contributed by atoms with van der Waals surface area (Å²) >= 11 is 5.97. The Morgan fingerprint density at radius 3 is 2.82 bits per heavy atom. The number of guanidine groups is 1. The minimum absolute atomic E-state index is 0.0784. The molecule has 4 N–H and O–H groups in total. The van der Waals surface area contributed by atoms with E-state index in [-0.39, 0.29) is 5.96 Å². The van der Waals surface area contributed by atoms with Gasteiger partial charge in [0.15, 0.2) is 5.96 Å². The van der Waals surface area contributed by atoms with Gasteiger partial charge in [0.05, 0.1) is 10.7 Å². The van der Waals surface area contributed by atoms with Gasteiger partial charge in [-0.2, -0.15) is 0 Å². The smallest absolute Gasteiger partial charge is 0.326 e. The predicted molar refractivity (Wildman–Crippen MR) is 70.5 cm³/mol. The van der Waals surface area contributed by atoms with Crippen molar-refractivity contribution in [2.45, 2.75) is 13.8 Å². The van der Waals surface area contributed by atoms with Crippen LogP contribution in [0.25, 0.3) is 0 Å². The lowest BCUT2D eigenvalue weighted by Crippen LogP contribution is -2.39. The van der Waals surface area contributed by atoms with E-state index in [1.807, 2.05) is 26.0 Å². The summed E-state index contributed by atoms with van der Waals surface area (Å²) in [6.45, 7) is 4.19. The van der Waals surface area contributed by atoms with E-state index in [0.29, 0.717) is 17.3 Å². The number of benzene rings is 1. The number of nitrogens with one attached hydrogen (secondary N) is 2. The summed E-state index contributed by atoms with van der Waals surface area (Å²) in [5.41, 5.74) is 6.90. The van der Waals surface area contributed by atoms with Crippen molar-refractivity contribution >= 4 is 29.3 Å². The van der Waals surface area contributed by atoms with Crippen LogP contribution in [-0.2, 0) is 0 Å². The first-order chi connectivity index (χ1) is 8.04. The van der Waals surface area contributed by atoms with Crippen LogP contribution in [-0.4, -0.2) is 18.5 Å². The van der Waals surface area contributed by atoms with Crippen LogP contribution in [0.15, 0.2) is 23.2 Å². The molecule has 0 atom stereocenters. The second-order valence-electron chi connectivity index (χ2n) is 3.37. The summed E-state index contributed by atoms with van der Waals surface area (Å²) in [6, 6.07) is 4.91. The number of hydrogen-bond donors (Lipinski definition) is 3. The highest BCUT2D eigenvalue weighted by molar-refractivity contribution is 6.34. The maximum Gasteiger partial charge on any atom is 0.326 e. The van der Waals surface area contributed by atoms with Gasteiger partial charge in [0, 0.05) is 6.54 Å². The van der Waals surface area contributed by atoms with Crippen molar-refractivity contribution in [3.8, 4) is 0 Å². The molecule has 0 aromatic heterocycles. The maximum absolute atomic E-state index is 11.6. The summed E-state index contributed by atoms with van der Waals surface area (Å²) in [5, 5.41) is 5.51. The van der Waals surface area contributed by atoms with Crippen LogP contribution in [0.3, 0.4) is 0 Å². The topological polar surface area (TPSA) is 79.5 Å². The zero-order valence-corrected chi connectivity index (χ0v) is 10.5. The molecule has 0 saturated carbocycles. The number of anilines is 1. The lowest BCUT2D eigenvalue weighted by molar-refractivity contribution is 0.256. The number of carbonyl (C=O) groups is 1. The van der Waals surface area contributed by atoms with Crippen molar-refractivity contribution in [1.82, 2.24) is 5.32 Å². The molecule has 6 heteroatoms. The van der Waals surface area contributed by atoms with Crippen molar-refractivity contribution in [3.05, 3.63) is 28.8 Å². The average molecular weight is 255 g/mol. The molecule has 1 rings (SSSR count). The number of urea groups is 1. The number of aryl methyl sites for hydroxylation is 1. The molecule has 2 amide bonds. The largest absolute Gasteiger partial charge is 0.370 e. The van der Waals surface area contributed by atoms with Crippen LogP contribution in [0.5, 0.6) is 0 Å². The fourth-order valence-corrected chi connectivity index (χ4v) is 1.53. The van der Waals surface area contributed by atoms with Gasteiger partial charge in [0.1, 0.15) is 0 Å². The monoisotopic (exact) mass is 254 g/mol. The van der Waals surface area contributed by atoms with Crippen LogP contribution in [0.4, 0.5) is 10.5 Å². The van der Waals surface area contributed by atoms with Crippen LogP contribution in [0.2, 0.25) is 5.02 Å². The summed E-state index contributed by atoms with van der Waals surface area (Å²) < 4.78 is 0. The van der Waals surface area contributed by atoms with Gasteiger partial charge in [0.25, 0.3) is 0 Å². The Morgan fingerprint density at radius 2 is 2.24 bits per heavy atom. The van der Waals surface area contributed by atoms with Crippen molar-refractivity contribution in [2.75, 3.05) is 11.9 Å². The quantitative estimate of drug-likeness (QED) is 0.558. The predicted octanol–water partition coefficient (Wildman–Crippen LogP) is 2.10. The molecule has 0 aliphatic heterocycles. The molecular weight excluding hydrogens is 240 g/mol. The molecule has 1 aromatic carbocycles. The van der Waals surface area contributed by atoms with E-state index >= 15 is 0 Å². The zero-order chi connectivity index (χ0) is 12.8. The molecule has 92 valence electrons. The van der Waals surface area contributed by atoms with E-state index in [1.165, 1.54) is 0 Å². The van der Waals surface area contributed by atoms with Gasteiger partial charge in [-0.05, 0) is 25.5 Å². The number of hydrogen-bond acceptors (Lipinski definition) is 2. The summed E-state index contributed by atoms with van der Waals surface area (Å²) in [7, 11) is 0. The Bertz CT molecular complexity index is 425. The number of aliphatic imine (C=N–C) groups is 1. The molecule has 0 radical (unpaired) electrons. The molecular formula is C11H15ClN4O. The normalized spacial score (nSPS) is 11.1. The number of nitrogens with zero attached hydrogens (tertiary/aromatic N) is 1. The molecule has 0 aliphatic rings. The number of halogens is 1. The van der Waals surface area contributed by atoms with Gasteiger partial charge < -0.3 is 11.1 Å². The minimum Gasteiger partial charge on any atom is -0.370 e. The third-order valence-corrected chi connectivity index (χ3v) is 2.35. The van der Waals surface area contributed by atoms with Gasteiger partial charge in [-0.15, -0.1) is 0 Å². The van der Waals surface area contributed by atoms with Crippen LogP contribution in [0, 0.1) is 6.92 Å². The van der Waals surface area contributed by atoms with Crippen molar-refractivity contribution < 1.29 is 4.79 Å². The average Bonchev–Trinajstić information content (AvgIpc) is 2.24. The van der Waals surface area contributed by atoms with E-state index in [1.54, 1.807) is 6.07 Å². The maximum atomic E-state index is 11.6. The second-order valence-corrected chi connectivity index (χ2v) is 3.78. The SMILES string of the molecule is CCN=C(N)NC(=O)Nc1c(C)cccc1Cl. The lowest BCUT2D eigenvalue weighted by atomic mass is 10.2. The van der Waals surface area contributed by atoms with Gasteiger partial charge in [-0.3, -0.25) is 10.3 Å². The highest BCUT2D eigenvalue weighted by Crippen LogP contribution is 2.24. The zero-order valence-electron chi connectivity index (χ0n) is 9.75. The first-order valence-electron chi connectivity index (χ1n) is 5.17. The molecule has 0 spiro atoms. The number of carbonyl (C=O) groups excluding carboxylic acids is 1. The van der Waals surface area contributed by atoms with E-state index in [9.17, 15) is 4.79 Å². The molecule has 0 fully saturated rings. The molecule has 0 saturated heterocycles. The Labute approximate surface area is 105 Å². The molecule has 5 nitrogen and oxygen atoms in total. The third-order valence-electron chi connectivity index (χ3n) is 2.03. The first kappa shape index (κ1) is 13.3. The molecule has 0 bridgehead atoms. The number of amides is 2. The van der Waals surface area contributed by atoms with Crippen molar-refractivity contribution in [3.63, 3.8) is 0 Å². The van der Waals surface area contributed by atoms with Gasteiger partial charge >= 0.3 is 6.03 Å². The van der Waals surface area contributed by atoms with Gasteiger partial charge in [0.2, 0.25) is 0 Å². The van der Waals surface area contributed by atoms with E-state index in [4.69, 9.17) is 17.3 Å². The Morgan fingerprint density at radius 1 is 1.53 bits per heavy atom. The Balaban J connectivity index is 2.72. The Kier molecular flexibility index (Phi) is 4.78. The highest BCUT2D eigenvalue weighted by Gasteiger charge is 2.08. The summed E-state index contributed by atoms with van der Waals surface area (Å²) in [4.78, 5) is 15.4. The number of nitrogens with two attached hydrogens (primary N) is 1. The van der Waals surface area contributed by atoms with Crippen molar-refractivity contribution in [2.24, 2.45) is 10.7 Å². The second kappa shape index (κ2) is 6.10.